The molecule has 2 aromatic carbocycles. The Bertz CT molecular complexity index is 772. The van der Waals surface area contributed by atoms with E-state index in [-0.39, 0.29) is 12.5 Å². The number of aryl methyl sites for hydroxylation is 1. The molecule has 0 aliphatic rings. The molecule has 28 heavy (non-hydrogen) atoms. The molecule has 0 atom stereocenters. The highest BCUT2D eigenvalue weighted by Gasteiger charge is 2.03. The molecular formula is C22H30N4O2. The van der Waals surface area contributed by atoms with Crippen molar-refractivity contribution in [2.24, 2.45) is 4.99 Å². The Balaban J connectivity index is 1.93. The highest BCUT2D eigenvalue weighted by atomic mass is 16.5. The summed E-state index contributed by atoms with van der Waals surface area (Å²) in [6.07, 6.45) is 0. The molecule has 1 amide bonds. The van der Waals surface area contributed by atoms with Crippen molar-refractivity contribution in [1.29, 1.82) is 0 Å². The Morgan fingerprint density at radius 2 is 1.71 bits per heavy atom. The number of nitrogens with zero attached hydrogens (tertiary/aromatic N) is 1. The fourth-order valence-corrected chi connectivity index (χ4v) is 2.53. The van der Waals surface area contributed by atoms with Crippen LogP contribution in [0.4, 0.5) is 0 Å². The van der Waals surface area contributed by atoms with E-state index < -0.39 is 0 Å². The van der Waals surface area contributed by atoms with Gasteiger partial charge in [-0.15, -0.1) is 0 Å². The minimum absolute atomic E-state index is 0.0152. The van der Waals surface area contributed by atoms with E-state index in [1.807, 2.05) is 38.1 Å². The second-order valence-electron chi connectivity index (χ2n) is 6.42. The van der Waals surface area contributed by atoms with E-state index in [9.17, 15) is 4.79 Å². The van der Waals surface area contributed by atoms with Crippen LogP contribution in [0.15, 0.2) is 53.5 Å². The molecule has 0 aliphatic heterocycles. The van der Waals surface area contributed by atoms with Crippen LogP contribution in [0.1, 0.15) is 30.5 Å². The summed E-state index contributed by atoms with van der Waals surface area (Å²) in [6.45, 7) is 8.63. The van der Waals surface area contributed by atoms with Gasteiger partial charge in [-0.25, -0.2) is 4.99 Å². The van der Waals surface area contributed by atoms with Crippen molar-refractivity contribution >= 4 is 11.9 Å². The SMILES string of the molecule is CCNC(=O)COc1cccc(CN=C(NCC)NCc2ccc(C)cc2)c1. The molecule has 6 heteroatoms. The maximum atomic E-state index is 11.5. The maximum absolute atomic E-state index is 11.5. The molecule has 2 aromatic rings. The minimum atomic E-state index is -0.124. The van der Waals surface area contributed by atoms with Crippen molar-refractivity contribution in [2.75, 3.05) is 19.7 Å². The Labute approximate surface area is 167 Å². The number of carbonyl (C=O) groups is 1. The smallest absolute Gasteiger partial charge is 0.257 e. The van der Waals surface area contributed by atoms with Gasteiger partial charge >= 0.3 is 0 Å². The van der Waals surface area contributed by atoms with E-state index in [0.29, 0.717) is 25.4 Å². The van der Waals surface area contributed by atoms with Crippen molar-refractivity contribution in [2.45, 2.75) is 33.9 Å². The number of likely N-dealkylation sites (N-methyl/N-ethyl adjacent to an activating group) is 1. The number of carbonyl (C=O) groups excluding carboxylic acids is 1. The van der Waals surface area contributed by atoms with Crippen LogP contribution in [0, 0.1) is 6.92 Å². The maximum Gasteiger partial charge on any atom is 0.257 e. The number of hydrogen-bond acceptors (Lipinski definition) is 3. The molecule has 6 nitrogen and oxygen atoms in total. The third kappa shape index (κ3) is 7.70. The molecule has 0 radical (unpaired) electrons. The Kier molecular flexibility index (Phi) is 8.85. The summed E-state index contributed by atoms with van der Waals surface area (Å²) in [6, 6.07) is 16.1. The Morgan fingerprint density at radius 1 is 0.964 bits per heavy atom. The molecule has 0 saturated heterocycles. The molecule has 0 fully saturated rings. The first kappa shape index (κ1) is 21.3. The molecule has 0 aromatic heterocycles. The molecule has 150 valence electrons. The van der Waals surface area contributed by atoms with Crippen LogP contribution in [0.3, 0.4) is 0 Å². The average molecular weight is 383 g/mol. The number of rotatable bonds is 9. The van der Waals surface area contributed by atoms with Crippen LogP contribution < -0.4 is 20.7 Å². The van der Waals surface area contributed by atoms with Crippen LogP contribution in [0.2, 0.25) is 0 Å². The summed E-state index contributed by atoms with van der Waals surface area (Å²) in [5.41, 5.74) is 3.47. The highest BCUT2D eigenvalue weighted by molar-refractivity contribution is 5.79. The Morgan fingerprint density at radius 3 is 2.43 bits per heavy atom. The average Bonchev–Trinajstić information content (AvgIpc) is 2.70. The van der Waals surface area contributed by atoms with Crippen molar-refractivity contribution in [3.05, 3.63) is 65.2 Å². The van der Waals surface area contributed by atoms with Gasteiger partial charge in [0.05, 0.1) is 6.54 Å². The lowest BCUT2D eigenvalue weighted by Gasteiger charge is -2.12. The number of amides is 1. The molecule has 2 rings (SSSR count). The van der Waals surface area contributed by atoms with Crippen molar-refractivity contribution in [3.63, 3.8) is 0 Å². The molecule has 3 N–H and O–H groups in total. The van der Waals surface area contributed by atoms with Crippen molar-refractivity contribution in [3.8, 4) is 5.75 Å². The normalized spacial score (nSPS) is 11.0. The quantitative estimate of drug-likeness (QED) is 0.461. The first-order valence-corrected chi connectivity index (χ1v) is 9.67. The van der Waals surface area contributed by atoms with Crippen molar-refractivity contribution < 1.29 is 9.53 Å². The van der Waals surface area contributed by atoms with E-state index in [1.165, 1.54) is 11.1 Å². The highest BCUT2D eigenvalue weighted by Crippen LogP contribution is 2.14. The lowest BCUT2D eigenvalue weighted by atomic mass is 10.1. The van der Waals surface area contributed by atoms with Gasteiger partial charge in [-0.1, -0.05) is 42.0 Å². The summed E-state index contributed by atoms with van der Waals surface area (Å²) in [5.74, 6) is 1.30. The zero-order chi connectivity index (χ0) is 20.2. The minimum Gasteiger partial charge on any atom is -0.484 e. The first-order valence-electron chi connectivity index (χ1n) is 9.67. The number of ether oxygens (including phenoxy) is 1. The fourth-order valence-electron chi connectivity index (χ4n) is 2.53. The van der Waals surface area contributed by atoms with Crippen LogP contribution in [0.25, 0.3) is 0 Å². The standard InChI is InChI=1S/C22H30N4O2/c1-4-23-21(27)16-28-20-8-6-7-19(13-20)15-26-22(24-5-2)25-14-18-11-9-17(3)10-12-18/h6-13H,4-5,14-16H2,1-3H3,(H,23,27)(H2,24,25,26). The predicted octanol–water partition coefficient (Wildman–Crippen LogP) is 2.77. The Hall–Kier alpha value is -3.02. The zero-order valence-electron chi connectivity index (χ0n) is 16.9. The largest absolute Gasteiger partial charge is 0.484 e. The van der Waals surface area contributed by atoms with Crippen LogP contribution in [-0.4, -0.2) is 31.6 Å². The molecule has 0 bridgehead atoms. The van der Waals surface area contributed by atoms with Crippen molar-refractivity contribution in [1.82, 2.24) is 16.0 Å². The van der Waals surface area contributed by atoms with E-state index in [4.69, 9.17) is 4.74 Å². The number of benzene rings is 2. The van der Waals surface area contributed by atoms with Gasteiger partial charge < -0.3 is 20.7 Å². The number of hydrogen-bond donors (Lipinski definition) is 3. The van der Waals surface area contributed by atoms with Gasteiger partial charge in [-0.3, -0.25) is 4.79 Å². The second-order valence-corrected chi connectivity index (χ2v) is 6.42. The summed E-state index contributed by atoms with van der Waals surface area (Å²) < 4.78 is 5.54. The van der Waals surface area contributed by atoms with Gasteiger partial charge in [0.2, 0.25) is 0 Å². The molecule has 0 spiro atoms. The third-order valence-corrected chi connectivity index (χ3v) is 3.99. The van der Waals surface area contributed by atoms with E-state index in [0.717, 1.165) is 18.1 Å². The van der Waals surface area contributed by atoms with Crippen LogP contribution >= 0.6 is 0 Å². The van der Waals surface area contributed by atoms with Gasteiger partial charge in [0.25, 0.3) is 5.91 Å². The van der Waals surface area contributed by atoms with Gasteiger partial charge in [0, 0.05) is 19.6 Å². The van der Waals surface area contributed by atoms with E-state index >= 15 is 0 Å². The second kappa shape index (κ2) is 11.6. The van der Waals surface area contributed by atoms with E-state index in [2.05, 4.69) is 52.1 Å². The fraction of sp³-hybridized carbons (Fsp3) is 0.364. The summed E-state index contributed by atoms with van der Waals surface area (Å²) in [7, 11) is 0. The van der Waals surface area contributed by atoms with Gasteiger partial charge in [-0.05, 0) is 44.0 Å². The molecule has 0 saturated carbocycles. The van der Waals surface area contributed by atoms with Gasteiger partial charge in [0.15, 0.2) is 12.6 Å². The van der Waals surface area contributed by atoms with Gasteiger partial charge in [-0.2, -0.15) is 0 Å². The lowest BCUT2D eigenvalue weighted by molar-refractivity contribution is -0.122. The summed E-state index contributed by atoms with van der Waals surface area (Å²) >= 11 is 0. The number of guanidine groups is 1. The van der Waals surface area contributed by atoms with Crippen LogP contribution in [-0.2, 0) is 17.9 Å². The van der Waals surface area contributed by atoms with Crippen LogP contribution in [0.5, 0.6) is 5.75 Å². The number of aliphatic imine (C=N–C) groups is 1. The zero-order valence-corrected chi connectivity index (χ0v) is 16.9. The van der Waals surface area contributed by atoms with Gasteiger partial charge in [0.1, 0.15) is 5.75 Å². The first-order chi connectivity index (χ1) is 13.6. The van der Waals surface area contributed by atoms with E-state index in [1.54, 1.807) is 0 Å². The molecular weight excluding hydrogens is 352 g/mol. The third-order valence-electron chi connectivity index (χ3n) is 3.99. The summed E-state index contributed by atoms with van der Waals surface area (Å²) in [5, 5.41) is 9.32. The molecule has 0 unspecified atom stereocenters. The predicted molar refractivity (Wildman–Crippen MR) is 113 cm³/mol. The lowest BCUT2D eigenvalue weighted by Crippen LogP contribution is -2.36. The summed E-state index contributed by atoms with van der Waals surface area (Å²) in [4.78, 5) is 16.2. The molecule has 0 aliphatic carbocycles. The molecule has 0 heterocycles. The number of nitrogens with one attached hydrogen (secondary N) is 3. The monoisotopic (exact) mass is 382 g/mol. The topological polar surface area (TPSA) is 74.8 Å².